The summed E-state index contributed by atoms with van der Waals surface area (Å²) in [5.41, 5.74) is 6.01. The molecule has 0 aliphatic heterocycles. The van der Waals surface area contributed by atoms with Crippen LogP contribution in [0.1, 0.15) is 55.6 Å². The van der Waals surface area contributed by atoms with Gasteiger partial charge in [-0.05, 0) is 81.7 Å². The number of hydrogen-bond donors (Lipinski definition) is 1. The van der Waals surface area contributed by atoms with Crippen LogP contribution < -0.4 is 9.30 Å². The Morgan fingerprint density at radius 2 is 1.72 bits per heavy atom. The van der Waals surface area contributed by atoms with Gasteiger partial charge in [0.2, 0.25) is 0 Å². The molecule has 0 radical (unpaired) electrons. The minimum absolute atomic E-state index is 0.243. The molecule has 0 spiro atoms. The summed E-state index contributed by atoms with van der Waals surface area (Å²) in [5.74, 6) is 2.56. The molecule has 4 aromatic rings. The number of nitrogens with zero attached hydrogens (tertiary/aromatic N) is 4. The van der Waals surface area contributed by atoms with E-state index in [0.29, 0.717) is 5.75 Å². The third-order valence-electron chi connectivity index (χ3n) is 7.14. The van der Waals surface area contributed by atoms with Crippen LogP contribution in [0.5, 0.6) is 5.75 Å². The molecule has 0 unspecified atom stereocenters. The monoisotopic (exact) mass is 520 g/mol. The lowest BCUT2D eigenvalue weighted by molar-refractivity contribution is -0.611. The number of pyridine rings is 1. The second-order valence-corrected chi connectivity index (χ2v) is 12.5. The molecule has 7 nitrogen and oxygen atoms in total. The number of imidazole rings is 1. The topological polar surface area (TPSA) is 84.6 Å². The number of fused-ring (bicyclic) bond motifs is 2. The maximum Gasteiger partial charge on any atom is 0.402 e. The third-order valence-corrected chi connectivity index (χ3v) is 9.16. The minimum atomic E-state index is -0.537. The Kier molecular flexibility index (Phi) is 6.11. The first kappa shape index (κ1) is 24.8. The van der Waals surface area contributed by atoms with Crippen LogP contribution in [0.15, 0.2) is 41.9 Å². The number of aromatic amines is 1. The van der Waals surface area contributed by atoms with Gasteiger partial charge in [0.05, 0.1) is 19.1 Å². The minimum Gasteiger partial charge on any atom is -0.496 e. The molecule has 3 aromatic heterocycles. The molecule has 1 aliphatic carbocycles. The zero-order valence-electron chi connectivity index (χ0n) is 21.6. The molecule has 0 bridgehead atoms. The third kappa shape index (κ3) is 3.89. The Morgan fingerprint density at radius 1 is 1.06 bits per heavy atom. The van der Waals surface area contributed by atoms with Crippen LogP contribution in [-0.4, -0.2) is 32.8 Å². The van der Waals surface area contributed by atoms with Gasteiger partial charge in [0, 0.05) is 34.4 Å². The number of methoxy groups -OCH3 is 1. The SMILES string of the molecule is COc1c(C)c[n+](-c2nc3cc4c(cc3[nH]2)C(C)(C)C(=O)C4(C)C)c(CSSc2ncccn2)c1C. The number of aryl methyl sites for hydroxylation is 1. The van der Waals surface area contributed by atoms with Gasteiger partial charge in [-0.1, -0.05) is 15.8 Å². The smallest absolute Gasteiger partial charge is 0.402 e. The van der Waals surface area contributed by atoms with Gasteiger partial charge in [0.1, 0.15) is 17.0 Å². The summed E-state index contributed by atoms with van der Waals surface area (Å²) in [6, 6.07) is 6.00. The number of carbonyl (C=O) groups excluding carboxylic acids is 1. The molecule has 0 atom stereocenters. The average molecular weight is 521 g/mol. The molecule has 3 heterocycles. The second-order valence-electron chi connectivity index (χ2n) is 10.2. The molecule has 1 aliphatic rings. The molecule has 0 fully saturated rings. The molecule has 5 rings (SSSR count). The highest BCUT2D eigenvalue weighted by Gasteiger charge is 2.50. The number of nitrogens with one attached hydrogen (secondary N) is 1. The van der Waals surface area contributed by atoms with Crippen LogP contribution in [0.25, 0.3) is 17.0 Å². The van der Waals surface area contributed by atoms with E-state index in [9.17, 15) is 4.79 Å². The van der Waals surface area contributed by atoms with E-state index in [1.165, 1.54) is 0 Å². The Labute approximate surface area is 218 Å². The van der Waals surface area contributed by atoms with Gasteiger partial charge in [0.25, 0.3) is 0 Å². The van der Waals surface area contributed by atoms with Crippen LogP contribution in [-0.2, 0) is 21.4 Å². The largest absolute Gasteiger partial charge is 0.496 e. The highest BCUT2D eigenvalue weighted by molar-refractivity contribution is 8.76. The van der Waals surface area contributed by atoms with Crippen LogP contribution >= 0.6 is 21.6 Å². The average Bonchev–Trinajstić information content (AvgIpc) is 3.32. The van der Waals surface area contributed by atoms with Crippen molar-refractivity contribution in [1.29, 1.82) is 0 Å². The van der Waals surface area contributed by atoms with Crippen molar-refractivity contribution in [2.24, 2.45) is 0 Å². The lowest BCUT2D eigenvalue weighted by Gasteiger charge is -2.21. The fraction of sp³-hybridized carbons (Fsp3) is 0.370. The van der Waals surface area contributed by atoms with E-state index in [-0.39, 0.29) is 5.78 Å². The van der Waals surface area contributed by atoms with Gasteiger partial charge >= 0.3 is 5.95 Å². The number of ether oxygens (including phenoxy) is 1. The van der Waals surface area contributed by atoms with Crippen molar-refractivity contribution in [1.82, 2.24) is 19.9 Å². The molecule has 36 heavy (non-hydrogen) atoms. The molecule has 1 N–H and O–H groups in total. The number of Topliss-reactive ketones (excluding diaryl/α,β-unsaturated/α-hetero) is 1. The van der Waals surface area contributed by atoms with Gasteiger partial charge in [-0.2, -0.15) is 0 Å². The number of aromatic nitrogens is 5. The maximum absolute atomic E-state index is 13.1. The van der Waals surface area contributed by atoms with Crippen molar-refractivity contribution in [2.45, 2.75) is 63.3 Å². The van der Waals surface area contributed by atoms with Crippen LogP contribution in [0.4, 0.5) is 0 Å². The first-order valence-electron chi connectivity index (χ1n) is 11.8. The van der Waals surface area contributed by atoms with E-state index >= 15 is 0 Å². The number of carbonyl (C=O) groups is 1. The first-order valence-corrected chi connectivity index (χ1v) is 14.1. The molecule has 0 amide bonds. The van der Waals surface area contributed by atoms with Crippen LogP contribution in [0, 0.1) is 13.8 Å². The number of rotatable bonds is 6. The predicted molar refractivity (Wildman–Crippen MR) is 144 cm³/mol. The molecule has 9 heteroatoms. The summed E-state index contributed by atoms with van der Waals surface area (Å²) >= 11 is 0. The fourth-order valence-corrected chi connectivity index (χ4v) is 7.23. The van der Waals surface area contributed by atoms with Crippen LogP contribution in [0.2, 0.25) is 0 Å². The fourth-order valence-electron chi connectivity index (χ4n) is 5.30. The predicted octanol–water partition coefficient (Wildman–Crippen LogP) is 5.33. The highest BCUT2D eigenvalue weighted by Crippen LogP contribution is 2.47. The quantitative estimate of drug-likeness (QED) is 0.209. The van der Waals surface area contributed by atoms with Gasteiger partial charge < -0.3 is 4.74 Å². The highest BCUT2D eigenvalue weighted by atomic mass is 33.1. The second kappa shape index (κ2) is 8.88. The molecule has 1 aromatic carbocycles. The van der Waals surface area contributed by atoms with Gasteiger partial charge in [-0.25, -0.2) is 19.5 Å². The van der Waals surface area contributed by atoms with E-state index in [1.807, 2.05) is 40.7 Å². The maximum atomic E-state index is 13.1. The summed E-state index contributed by atoms with van der Waals surface area (Å²) in [7, 11) is 4.92. The van der Waals surface area contributed by atoms with Crippen molar-refractivity contribution in [3.63, 3.8) is 0 Å². The van der Waals surface area contributed by atoms with E-state index in [1.54, 1.807) is 41.1 Å². The summed E-state index contributed by atoms with van der Waals surface area (Å²) in [6.07, 6.45) is 5.56. The van der Waals surface area contributed by atoms with Crippen molar-refractivity contribution in [3.8, 4) is 11.7 Å². The molecule has 0 saturated heterocycles. The number of ketones is 1. The summed E-state index contributed by atoms with van der Waals surface area (Å²) in [5, 5.41) is 0.726. The zero-order chi connectivity index (χ0) is 25.8. The summed E-state index contributed by atoms with van der Waals surface area (Å²) in [6.45, 7) is 12.2. The van der Waals surface area contributed by atoms with Gasteiger partial charge in [-0.15, -0.1) is 0 Å². The molecular formula is C27H30N5O2S2+. The Balaban J connectivity index is 1.59. The standard InChI is InChI=1S/C27H30N5O2S2/c1-15-13-32(21(16(2)22(15)34-7)14-35-36-25-28-9-8-10-29-25)24-30-19-11-17-18(12-20(19)31-24)27(5,6)23(33)26(17,3)4/h8-13H,14H2,1-7H3,(H,30,31)/q+1. The normalized spacial score (nSPS) is 15.9. The van der Waals surface area contributed by atoms with E-state index < -0.39 is 10.8 Å². The number of hydrogen-bond acceptors (Lipinski definition) is 7. The Hall–Kier alpha value is -2.91. The summed E-state index contributed by atoms with van der Waals surface area (Å²) < 4.78 is 7.83. The van der Waals surface area contributed by atoms with Gasteiger partial charge in [-0.3, -0.25) is 4.79 Å². The lowest BCUT2D eigenvalue weighted by atomic mass is 9.80. The van der Waals surface area contributed by atoms with E-state index in [2.05, 4.69) is 44.8 Å². The van der Waals surface area contributed by atoms with E-state index in [0.717, 1.165) is 55.8 Å². The van der Waals surface area contributed by atoms with Crippen LogP contribution in [0.3, 0.4) is 0 Å². The van der Waals surface area contributed by atoms with Crippen molar-refractivity contribution >= 4 is 38.4 Å². The van der Waals surface area contributed by atoms with Crippen molar-refractivity contribution < 1.29 is 14.1 Å². The van der Waals surface area contributed by atoms with Crippen molar-refractivity contribution in [3.05, 3.63) is 64.7 Å². The number of H-pyrrole nitrogens is 1. The van der Waals surface area contributed by atoms with Crippen molar-refractivity contribution in [2.75, 3.05) is 7.11 Å². The van der Waals surface area contributed by atoms with Gasteiger partial charge in [0.15, 0.2) is 16.5 Å². The zero-order valence-corrected chi connectivity index (χ0v) is 23.2. The lowest BCUT2D eigenvalue weighted by Crippen LogP contribution is -2.38. The molecule has 186 valence electrons. The summed E-state index contributed by atoms with van der Waals surface area (Å²) in [4.78, 5) is 30.2. The Bertz CT molecular complexity index is 1440. The van der Waals surface area contributed by atoms with E-state index in [4.69, 9.17) is 9.72 Å². The number of benzene rings is 1. The Morgan fingerprint density at radius 3 is 2.39 bits per heavy atom. The molecule has 0 saturated carbocycles. The first-order chi connectivity index (χ1) is 17.1. The molecular weight excluding hydrogens is 490 g/mol.